The van der Waals surface area contributed by atoms with Crippen LogP contribution < -0.4 is 21.9 Å². The van der Waals surface area contributed by atoms with Crippen molar-refractivity contribution in [3.63, 3.8) is 0 Å². The highest BCUT2D eigenvalue weighted by atomic mass is 32.2. The van der Waals surface area contributed by atoms with Crippen molar-refractivity contribution in [2.24, 2.45) is 10.7 Å². The molecule has 0 bridgehead atoms. The average molecular weight is 453 g/mol. The maximum Gasteiger partial charge on any atom is 0.238 e. The molecule has 1 aromatic carbocycles. The molecule has 5 rings (SSSR count). The van der Waals surface area contributed by atoms with E-state index in [0.717, 1.165) is 59.2 Å². The fourth-order valence-corrected chi connectivity index (χ4v) is 4.96. The summed E-state index contributed by atoms with van der Waals surface area (Å²) in [5, 5.41) is 14.5. The Hall–Kier alpha value is -2.66. The Bertz CT molecular complexity index is 1120. The third kappa shape index (κ3) is 4.44. The summed E-state index contributed by atoms with van der Waals surface area (Å²) in [6.07, 6.45) is 7.49. The van der Waals surface area contributed by atoms with Crippen LogP contribution in [0, 0.1) is 0 Å². The van der Waals surface area contributed by atoms with E-state index in [-0.39, 0.29) is 0 Å². The Morgan fingerprint density at radius 1 is 1.31 bits per heavy atom. The summed E-state index contributed by atoms with van der Waals surface area (Å²) in [5.41, 5.74) is 13.7. The van der Waals surface area contributed by atoms with Crippen LogP contribution >= 0.6 is 11.8 Å². The van der Waals surface area contributed by atoms with Crippen LogP contribution in [0.15, 0.2) is 57.6 Å². The Labute approximate surface area is 190 Å². The molecule has 2 unspecified atom stereocenters. The number of aromatic nitrogens is 3. The van der Waals surface area contributed by atoms with Crippen molar-refractivity contribution in [1.29, 1.82) is 0 Å². The van der Waals surface area contributed by atoms with Gasteiger partial charge >= 0.3 is 0 Å². The molecule has 3 heterocycles. The number of imidazole rings is 1. The van der Waals surface area contributed by atoms with Gasteiger partial charge in [-0.15, -0.1) is 0 Å². The average Bonchev–Trinajstić information content (AvgIpc) is 3.51. The minimum atomic E-state index is -0.754. The summed E-state index contributed by atoms with van der Waals surface area (Å²) < 4.78 is 1.88. The number of nitrogens with two attached hydrogens (primary N) is 1. The molecule has 10 heteroatoms. The van der Waals surface area contributed by atoms with Crippen LogP contribution in [0.4, 0.5) is 11.6 Å². The van der Waals surface area contributed by atoms with Gasteiger partial charge in [0.1, 0.15) is 22.7 Å². The summed E-state index contributed by atoms with van der Waals surface area (Å²) in [7, 11) is 0. The molecule has 9 nitrogen and oxygen atoms in total. The minimum Gasteiger partial charge on any atom is -0.372 e. The van der Waals surface area contributed by atoms with Gasteiger partial charge in [-0.25, -0.2) is 15.4 Å². The Balaban J connectivity index is 1.32. The normalized spacial score (nSPS) is 22.3. The summed E-state index contributed by atoms with van der Waals surface area (Å²) in [6.45, 7) is 2.10. The first-order valence-corrected chi connectivity index (χ1v) is 11.7. The second-order valence-electron chi connectivity index (χ2n) is 8.60. The molecule has 3 aromatic rings. The number of hydrogen-bond acceptors (Lipinski definition) is 8. The van der Waals surface area contributed by atoms with E-state index < -0.39 is 11.8 Å². The molecular formula is C22H28N8OS. The Kier molecular flexibility index (Phi) is 5.76. The van der Waals surface area contributed by atoms with Crippen molar-refractivity contribution in [3.8, 4) is 0 Å². The number of aliphatic imine (C=N–C) groups is 1. The Morgan fingerprint density at radius 3 is 2.81 bits per heavy atom. The maximum atomic E-state index is 10.5. The standard InChI is InChI=1S/C22H28N8OS/c1-14-12-17(29-28-14)26-21-27-19(13-18-24-10-11-30(18)21)32-16-6-4-15(5-7-16)25-20(31)22(23)8-2-3-9-22/h4-7,10-11,13-14,20,25,28,31H,2-3,8-9,12,23H2,1H3,(H,26,27,29). The SMILES string of the molecule is CC1C/C(=N\c2nc(Sc3ccc(NC(O)C4(N)CCCC4)cc3)cc3nccn23)NN1. The molecule has 1 aliphatic heterocycles. The van der Waals surface area contributed by atoms with E-state index in [1.807, 2.05) is 40.9 Å². The third-order valence-corrected chi connectivity index (χ3v) is 6.93. The van der Waals surface area contributed by atoms with Crippen LogP contribution in [-0.2, 0) is 0 Å². The van der Waals surface area contributed by atoms with Gasteiger partial charge in [-0.05, 0) is 44.0 Å². The topological polar surface area (TPSA) is 125 Å². The monoisotopic (exact) mass is 452 g/mol. The minimum absolute atomic E-state index is 0.332. The van der Waals surface area contributed by atoms with Crippen molar-refractivity contribution in [1.82, 2.24) is 25.2 Å². The highest BCUT2D eigenvalue weighted by Crippen LogP contribution is 2.32. The largest absolute Gasteiger partial charge is 0.372 e. The zero-order valence-electron chi connectivity index (χ0n) is 18.0. The van der Waals surface area contributed by atoms with Gasteiger partial charge in [0.05, 0.1) is 5.54 Å². The molecule has 2 atom stereocenters. The number of aliphatic hydroxyl groups is 1. The number of aliphatic hydroxyl groups excluding tert-OH is 1. The fraction of sp³-hybridized carbons (Fsp3) is 0.409. The number of fused-ring (bicyclic) bond motifs is 1. The smallest absolute Gasteiger partial charge is 0.238 e. The van der Waals surface area contributed by atoms with Gasteiger partial charge in [0, 0.05) is 41.5 Å². The molecule has 6 N–H and O–H groups in total. The summed E-state index contributed by atoms with van der Waals surface area (Å²) in [6, 6.07) is 10.2. The first kappa shape index (κ1) is 21.2. The molecule has 1 saturated carbocycles. The van der Waals surface area contributed by atoms with Crippen molar-refractivity contribution >= 4 is 34.9 Å². The van der Waals surface area contributed by atoms with Gasteiger partial charge in [0.15, 0.2) is 0 Å². The molecule has 2 fully saturated rings. The first-order valence-electron chi connectivity index (χ1n) is 10.9. The number of hydrazine groups is 1. The summed E-state index contributed by atoms with van der Waals surface area (Å²) in [4.78, 5) is 14.9. The second-order valence-corrected chi connectivity index (χ2v) is 9.69. The van der Waals surface area contributed by atoms with E-state index in [2.05, 4.69) is 28.1 Å². The van der Waals surface area contributed by atoms with Gasteiger partial charge in [-0.3, -0.25) is 4.40 Å². The fourth-order valence-electron chi connectivity index (χ4n) is 4.16. The molecule has 32 heavy (non-hydrogen) atoms. The predicted molar refractivity (Wildman–Crippen MR) is 126 cm³/mol. The molecule has 1 aliphatic carbocycles. The first-order chi connectivity index (χ1) is 15.5. The molecule has 0 amide bonds. The van der Waals surface area contributed by atoms with Gasteiger partial charge in [-0.2, -0.15) is 4.99 Å². The highest BCUT2D eigenvalue weighted by Gasteiger charge is 2.36. The predicted octanol–water partition coefficient (Wildman–Crippen LogP) is 2.80. The lowest BCUT2D eigenvalue weighted by Gasteiger charge is -2.31. The quantitative estimate of drug-likeness (QED) is 0.286. The number of rotatable bonds is 6. The van der Waals surface area contributed by atoms with E-state index in [0.29, 0.717) is 12.0 Å². The molecular weight excluding hydrogens is 424 g/mol. The zero-order valence-corrected chi connectivity index (χ0v) is 18.8. The van der Waals surface area contributed by atoms with E-state index >= 15 is 0 Å². The van der Waals surface area contributed by atoms with Gasteiger partial charge in [0.2, 0.25) is 5.95 Å². The van der Waals surface area contributed by atoms with Crippen molar-refractivity contribution in [2.45, 2.75) is 66.8 Å². The number of benzene rings is 1. The van der Waals surface area contributed by atoms with Crippen LogP contribution in [0.2, 0.25) is 0 Å². The number of nitrogens with one attached hydrogen (secondary N) is 3. The third-order valence-electron chi connectivity index (χ3n) is 6.00. The van der Waals surface area contributed by atoms with Crippen LogP contribution in [0.25, 0.3) is 5.65 Å². The van der Waals surface area contributed by atoms with Crippen molar-refractivity contribution < 1.29 is 5.11 Å². The van der Waals surface area contributed by atoms with Crippen molar-refractivity contribution in [2.75, 3.05) is 5.32 Å². The van der Waals surface area contributed by atoms with Gasteiger partial charge in [-0.1, -0.05) is 24.6 Å². The highest BCUT2D eigenvalue weighted by molar-refractivity contribution is 7.99. The lowest BCUT2D eigenvalue weighted by Crippen LogP contribution is -2.52. The zero-order chi connectivity index (χ0) is 22.1. The molecule has 2 aromatic heterocycles. The summed E-state index contributed by atoms with van der Waals surface area (Å²) in [5.74, 6) is 1.45. The van der Waals surface area contributed by atoms with Crippen LogP contribution in [0.3, 0.4) is 0 Å². The van der Waals surface area contributed by atoms with E-state index in [9.17, 15) is 5.11 Å². The van der Waals surface area contributed by atoms with E-state index in [1.54, 1.807) is 18.0 Å². The van der Waals surface area contributed by atoms with Crippen LogP contribution in [-0.4, -0.2) is 43.1 Å². The molecule has 1 saturated heterocycles. The number of anilines is 1. The van der Waals surface area contributed by atoms with Crippen LogP contribution in [0.5, 0.6) is 0 Å². The molecule has 0 spiro atoms. The molecule has 168 valence electrons. The van der Waals surface area contributed by atoms with Crippen molar-refractivity contribution in [3.05, 3.63) is 42.7 Å². The van der Waals surface area contributed by atoms with E-state index in [1.165, 1.54) is 0 Å². The van der Waals surface area contributed by atoms with Gasteiger partial charge in [0.25, 0.3) is 0 Å². The van der Waals surface area contributed by atoms with Crippen LogP contribution in [0.1, 0.15) is 39.0 Å². The number of hydrogen-bond donors (Lipinski definition) is 5. The number of amidine groups is 1. The maximum absolute atomic E-state index is 10.5. The van der Waals surface area contributed by atoms with Gasteiger partial charge < -0.3 is 21.6 Å². The Morgan fingerprint density at radius 2 is 2.09 bits per heavy atom. The second kappa shape index (κ2) is 8.70. The van der Waals surface area contributed by atoms with E-state index in [4.69, 9.17) is 15.7 Å². The molecule has 0 radical (unpaired) electrons. The molecule has 2 aliphatic rings. The summed E-state index contributed by atoms with van der Waals surface area (Å²) >= 11 is 1.55. The lowest BCUT2D eigenvalue weighted by molar-refractivity contribution is 0.112. The lowest BCUT2D eigenvalue weighted by atomic mass is 9.96. The number of nitrogens with zero attached hydrogens (tertiary/aromatic N) is 4.